The second-order valence-electron chi connectivity index (χ2n) is 3.92. The third-order valence-corrected chi connectivity index (χ3v) is 2.83. The van der Waals surface area contributed by atoms with Crippen LogP contribution in [-0.4, -0.2) is 20.5 Å². The fraction of sp³-hybridized carbons (Fsp3) is 0.133. The van der Waals surface area contributed by atoms with Crippen molar-refractivity contribution in [1.29, 1.82) is 0 Å². The van der Waals surface area contributed by atoms with E-state index in [0.717, 1.165) is 11.1 Å². The van der Waals surface area contributed by atoms with Crippen LogP contribution in [0, 0.1) is 5.82 Å². The molecule has 0 saturated carbocycles. The molecular formula is C15H13FO3. The monoisotopic (exact) mass is 260 g/mol. The van der Waals surface area contributed by atoms with Crippen LogP contribution in [0.3, 0.4) is 0 Å². The minimum Gasteiger partial charge on any atom is -0.496 e. The number of methoxy groups -OCH3 is 2. The molecule has 2 aromatic carbocycles. The Balaban J connectivity index is 2.61. The molecule has 98 valence electrons. The fourth-order valence-corrected chi connectivity index (χ4v) is 1.87. The van der Waals surface area contributed by atoms with Crippen molar-refractivity contribution >= 4 is 6.29 Å². The van der Waals surface area contributed by atoms with Gasteiger partial charge in [0.15, 0.2) is 6.29 Å². The van der Waals surface area contributed by atoms with Crippen LogP contribution in [0.25, 0.3) is 11.1 Å². The van der Waals surface area contributed by atoms with Crippen LogP contribution >= 0.6 is 0 Å². The SMILES string of the molecule is COc1cc(-c2ccc(F)cc2)c(OC)cc1C=O. The predicted octanol–water partition coefficient (Wildman–Crippen LogP) is 3.32. The third-order valence-electron chi connectivity index (χ3n) is 2.83. The van der Waals surface area contributed by atoms with E-state index in [4.69, 9.17) is 9.47 Å². The molecule has 0 amide bonds. The molecule has 0 N–H and O–H groups in total. The van der Waals surface area contributed by atoms with Crippen LogP contribution in [0.2, 0.25) is 0 Å². The first kappa shape index (κ1) is 13.1. The molecule has 2 rings (SSSR count). The fourth-order valence-electron chi connectivity index (χ4n) is 1.87. The Hall–Kier alpha value is -2.36. The number of hydrogen-bond donors (Lipinski definition) is 0. The molecule has 0 radical (unpaired) electrons. The summed E-state index contributed by atoms with van der Waals surface area (Å²) < 4.78 is 23.4. The molecule has 0 bridgehead atoms. The predicted molar refractivity (Wildman–Crippen MR) is 70.3 cm³/mol. The van der Waals surface area contributed by atoms with Crippen molar-refractivity contribution in [3.8, 4) is 22.6 Å². The van der Waals surface area contributed by atoms with Gasteiger partial charge in [-0.05, 0) is 29.8 Å². The second kappa shape index (κ2) is 5.52. The maximum Gasteiger partial charge on any atom is 0.153 e. The number of rotatable bonds is 4. The lowest BCUT2D eigenvalue weighted by atomic mass is 10.0. The van der Waals surface area contributed by atoms with Crippen molar-refractivity contribution in [3.05, 3.63) is 47.8 Å². The van der Waals surface area contributed by atoms with Gasteiger partial charge < -0.3 is 9.47 Å². The van der Waals surface area contributed by atoms with Crippen molar-refractivity contribution in [3.63, 3.8) is 0 Å². The van der Waals surface area contributed by atoms with E-state index < -0.39 is 0 Å². The molecule has 0 unspecified atom stereocenters. The number of carbonyl (C=O) groups is 1. The number of ether oxygens (including phenoxy) is 2. The highest BCUT2D eigenvalue weighted by molar-refractivity contribution is 5.84. The maximum absolute atomic E-state index is 12.9. The minimum atomic E-state index is -0.306. The van der Waals surface area contributed by atoms with E-state index in [9.17, 15) is 9.18 Å². The number of carbonyl (C=O) groups excluding carboxylic acids is 1. The van der Waals surface area contributed by atoms with Gasteiger partial charge in [-0.15, -0.1) is 0 Å². The Morgan fingerprint density at radius 2 is 1.63 bits per heavy atom. The molecule has 0 aliphatic carbocycles. The summed E-state index contributed by atoms with van der Waals surface area (Å²) in [6.07, 6.45) is 0.704. The highest BCUT2D eigenvalue weighted by atomic mass is 19.1. The molecule has 0 atom stereocenters. The number of aldehydes is 1. The average Bonchev–Trinajstić information content (AvgIpc) is 2.46. The zero-order valence-electron chi connectivity index (χ0n) is 10.6. The summed E-state index contributed by atoms with van der Waals surface area (Å²) in [7, 11) is 3.01. The van der Waals surface area contributed by atoms with Crippen LogP contribution in [0.5, 0.6) is 11.5 Å². The van der Waals surface area contributed by atoms with Gasteiger partial charge in [-0.3, -0.25) is 4.79 Å². The minimum absolute atomic E-state index is 0.306. The third kappa shape index (κ3) is 2.57. The Labute approximate surface area is 110 Å². The average molecular weight is 260 g/mol. The number of halogens is 1. The van der Waals surface area contributed by atoms with Gasteiger partial charge in [-0.25, -0.2) is 4.39 Å². The zero-order valence-corrected chi connectivity index (χ0v) is 10.6. The largest absolute Gasteiger partial charge is 0.496 e. The Morgan fingerprint density at radius 3 is 2.16 bits per heavy atom. The van der Waals surface area contributed by atoms with E-state index in [1.807, 2.05) is 0 Å². The van der Waals surface area contributed by atoms with Crippen LogP contribution < -0.4 is 9.47 Å². The number of benzene rings is 2. The molecule has 19 heavy (non-hydrogen) atoms. The molecule has 0 aliphatic heterocycles. The van der Waals surface area contributed by atoms with E-state index in [-0.39, 0.29) is 5.82 Å². The van der Waals surface area contributed by atoms with Gasteiger partial charge in [-0.1, -0.05) is 12.1 Å². The standard InChI is InChI=1S/C15H13FO3/c1-18-14-8-13(10-3-5-12(16)6-4-10)15(19-2)7-11(14)9-17/h3-9H,1-2H3. The van der Waals surface area contributed by atoms with E-state index >= 15 is 0 Å². The molecular weight excluding hydrogens is 247 g/mol. The van der Waals surface area contributed by atoms with Gasteiger partial charge in [0.05, 0.1) is 19.8 Å². The molecule has 0 saturated heterocycles. The second-order valence-corrected chi connectivity index (χ2v) is 3.92. The summed E-state index contributed by atoms with van der Waals surface area (Å²) in [6.45, 7) is 0. The van der Waals surface area contributed by atoms with Gasteiger partial charge in [0.25, 0.3) is 0 Å². The van der Waals surface area contributed by atoms with Gasteiger partial charge in [-0.2, -0.15) is 0 Å². The summed E-state index contributed by atoms with van der Waals surface area (Å²) in [5.41, 5.74) is 1.93. The molecule has 0 heterocycles. The zero-order chi connectivity index (χ0) is 13.8. The Bertz CT molecular complexity index is 591. The summed E-state index contributed by atoms with van der Waals surface area (Å²) in [5, 5.41) is 0. The van der Waals surface area contributed by atoms with Gasteiger partial charge >= 0.3 is 0 Å². The van der Waals surface area contributed by atoms with Crippen molar-refractivity contribution in [2.75, 3.05) is 14.2 Å². The van der Waals surface area contributed by atoms with Crippen LogP contribution in [0.1, 0.15) is 10.4 Å². The van der Waals surface area contributed by atoms with Crippen LogP contribution in [0.15, 0.2) is 36.4 Å². The van der Waals surface area contributed by atoms with Crippen molar-refractivity contribution in [1.82, 2.24) is 0 Å². The van der Waals surface area contributed by atoms with Crippen molar-refractivity contribution in [2.45, 2.75) is 0 Å². The van der Waals surface area contributed by atoms with Crippen LogP contribution in [-0.2, 0) is 0 Å². The first-order chi connectivity index (χ1) is 9.19. The van der Waals surface area contributed by atoms with Crippen molar-refractivity contribution in [2.24, 2.45) is 0 Å². The quantitative estimate of drug-likeness (QED) is 0.791. The first-order valence-corrected chi connectivity index (χ1v) is 5.66. The lowest BCUT2D eigenvalue weighted by Gasteiger charge is -2.12. The first-order valence-electron chi connectivity index (χ1n) is 5.66. The lowest BCUT2D eigenvalue weighted by Crippen LogP contribution is -1.95. The van der Waals surface area contributed by atoms with Gasteiger partial charge in [0.1, 0.15) is 17.3 Å². The highest BCUT2D eigenvalue weighted by Crippen LogP contribution is 2.35. The van der Waals surface area contributed by atoms with Crippen molar-refractivity contribution < 1.29 is 18.7 Å². The summed E-state index contributed by atoms with van der Waals surface area (Å²) >= 11 is 0. The Morgan fingerprint density at radius 1 is 1.00 bits per heavy atom. The summed E-state index contributed by atoms with van der Waals surface area (Å²) in [4.78, 5) is 11.0. The highest BCUT2D eigenvalue weighted by Gasteiger charge is 2.12. The van der Waals surface area contributed by atoms with E-state index in [1.165, 1.54) is 26.4 Å². The van der Waals surface area contributed by atoms with E-state index in [2.05, 4.69) is 0 Å². The molecule has 2 aromatic rings. The van der Waals surface area contributed by atoms with Crippen LogP contribution in [0.4, 0.5) is 4.39 Å². The molecule has 4 heteroatoms. The van der Waals surface area contributed by atoms with Gasteiger partial charge in [0, 0.05) is 5.56 Å². The normalized spacial score (nSPS) is 10.1. The molecule has 3 nitrogen and oxygen atoms in total. The van der Waals surface area contributed by atoms with E-state index in [0.29, 0.717) is 23.3 Å². The lowest BCUT2D eigenvalue weighted by molar-refractivity contribution is 0.112. The number of hydrogen-bond acceptors (Lipinski definition) is 3. The van der Waals surface area contributed by atoms with Gasteiger partial charge in [0.2, 0.25) is 0 Å². The Kier molecular flexibility index (Phi) is 3.80. The molecule has 0 aliphatic rings. The molecule has 0 aromatic heterocycles. The summed E-state index contributed by atoms with van der Waals surface area (Å²) in [5.74, 6) is 0.684. The summed E-state index contributed by atoms with van der Waals surface area (Å²) in [6, 6.07) is 9.34. The molecule has 0 spiro atoms. The topological polar surface area (TPSA) is 35.5 Å². The molecule has 0 fully saturated rings. The maximum atomic E-state index is 12.9. The van der Waals surface area contributed by atoms with E-state index in [1.54, 1.807) is 24.3 Å². The smallest absolute Gasteiger partial charge is 0.153 e.